The van der Waals surface area contributed by atoms with Gasteiger partial charge in [-0.15, -0.1) is 6.58 Å². The minimum atomic E-state index is -0.0528. The first kappa shape index (κ1) is 9.66. The molecule has 0 bridgehead atoms. The molecule has 0 fully saturated rings. The van der Waals surface area contributed by atoms with Crippen molar-refractivity contribution in [1.82, 2.24) is 0 Å². The van der Waals surface area contributed by atoms with E-state index in [2.05, 4.69) is 6.58 Å². The summed E-state index contributed by atoms with van der Waals surface area (Å²) >= 11 is 0. The largest absolute Gasteiger partial charge is 0.353 e. The Morgan fingerprint density at radius 2 is 2.10 bits per heavy atom. The van der Waals surface area contributed by atoms with Crippen LogP contribution in [-0.2, 0) is 9.47 Å². The molecule has 0 rings (SSSR count). The van der Waals surface area contributed by atoms with Crippen LogP contribution in [0.4, 0.5) is 0 Å². The van der Waals surface area contributed by atoms with Crippen molar-refractivity contribution < 1.29 is 9.47 Å². The van der Waals surface area contributed by atoms with E-state index < -0.39 is 0 Å². The topological polar surface area (TPSA) is 18.5 Å². The van der Waals surface area contributed by atoms with Crippen LogP contribution >= 0.6 is 0 Å². The Bertz CT molecular complexity index is 81.3. The van der Waals surface area contributed by atoms with Crippen LogP contribution in [-0.4, -0.2) is 19.5 Å². The monoisotopic (exact) mass is 144 g/mol. The lowest BCUT2D eigenvalue weighted by atomic mass is 10.5. The fourth-order valence-corrected chi connectivity index (χ4v) is 0.645. The molecule has 0 amide bonds. The molecule has 0 heterocycles. The Labute approximate surface area is 62.8 Å². The third-order valence-corrected chi connectivity index (χ3v) is 1.09. The summed E-state index contributed by atoms with van der Waals surface area (Å²) in [5.74, 6) is 0. The van der Waals surface area contributed by atoms with E-state index in [0.29, 0.717) is 13.2 Å². The summed E-state index contributed by atoms with van der Waals surface area (Å²) in [6.07, 6.45) is 2.56. The summed E-state index contributed by atoms with van der Waals surface area (Å²) in [6, 6.07) is 0. The Morgan fingerprint density at radius 1 is 1.40 bits per heavy atom. The molecule has 2 heteroatoms. The van der Waals surface area contributed by atoms with Crippen LogP contribution in [0.1, 0.15) is 20.3 Å². The molecular weight excluding hydrogens is 128 g/mol. The molecule has 1 atom stereocenters. The first-order chi connectivity index (χ1) is 4.85. The first-order valence-corrected chi connectivity index (χ1v) is 3.69. The van der Waals surface area contributed by atoms with E-state index in [-0.39, 0.29) is 6.29 Å². The lowest BCUT2D eigenvalue weighted by Gasteiger charge is -2.13. The van der Waals surface area contributed by atoms with E-state index in [0.717, 1.165) is 6.42 Å². The molecule has 0 saturated carbocycles. The Kier molecular flexibility index (Phi) is 6.55. The maximum Gasteiger partial charge on any atom is 0.157 e. The van der Waals surface area contributed by atoms with Gasteiger partial charge in [-0.3, -0.25) is 0 Å². The lowest BCUT2D eigenvalue weighted by Crippen LogP contribution is -2.15. The Hall–Kier alpha value is -0.340. The van der Waals surface area contributed by atoms with Crippen molar-refractivity contribution in [3.63, 3.8) is 0 Å². The second kappa shape index (κ2) is 6.78. The van der Waals surface area contributed by atoms with Gasteiger partial charge in [-0.2, -0.15) is 0 Å². The molecule has 0 aromatic carbocycles. The molecule has 0 N–H and O–H groups in total. The maximum absolute atomic E-state index is 5.24. The van der Waals surface area contributed by atoms with Gasteiger partial charge < -0.3 is 9.47 Å². The van der Waals surface area contributed by atoms with Gasteiger partial charge in [0.15, 0.2) is 6.29 Å². The standard InChI is InChI=1S/C8H16O2/c1-4-7-10-8(5-2)9-6-3/h4,8H,1,5-7H2,2-3H3. The molecular formula is C8H16O2. The van der Waals surface area contributed by atoms with Gasteiger partial charge in [0.05, 0.1) is 6.61 Å². The normalized spacial score (nSPS) is 13.0. The van der Waals surface area contributed by atoms with Gasteiger partial charge in [0, 0.05) is 6.61 Å². The number of rotatable bonds is 6. The van der Waals surface area contributed by atoms with E-state index in [4.69, 9.17) is 9.47 Å². The number of ether oxygens (including phenoxy) is 2. The molecule has 10 heavy (non-hydrogen) atoms. The second-order valence-electron chi connectivity index (χ2n) is 1.92. The summed E-state index contributed by atoms with van der Waals surface area (Å²) < 4.78 is 10.5. The van der Waals surface area contributed by atoms with Crippen LogP contribution in [0.2, 0.25) is 0 Å². The van der Waals surface area contributed by atoms with Gasteiger partial charge >= 0.3 is 0 Å². The van der Waals surface area contributed by atoms with Gasteiger partial charge in [-0.25, -0.2) is 0 Å². The zero-order chi connectivity index (χ0) is 7.82. The van der Waals surface area contributed by atoms with Crippen LogP contribution in [0.3, 0.4) is 0 Å². The van der Waals surface area contributed by atoms with Crippen LogP contribution in [0.5, 0.6) is 0 Å². The summed E-state index contributed by atoms with van der Waals surface area (Å²) in [5.41, 5.74) is 0. The van der Waals surface area contributed by atoms with Crippen molar-refractivity contribution in [2.75, 3.05) is 13.2 Å². The van der Waals surface area contributed by atoms with Crippen molar-refractivity contribution in [2.45, 2.75) is 26.6 Å². The van der Waals surface area contributed by atoms with Gasteiger partial charge in [-0.1, -0.05) is 13.0 Å². The van der Waals surface area contributed by atoms with Gasteiger partial charge in [0.2, 0.25) is 0 Å². The highest BCUT2D eigenvalue weighted by atomic mass is 16.7. The smallest absolute Gasteiger partial charge is 0.157 e. The first-order valence-electron chi connectivity index (χ1n) is 3.69. The molecule has 0 saturated heterocycles. The second-order valence-corrected chi connectivity index (χ2v) is 1.92. The van der Waals surface area contributed by atoms with Crippen LogP contribution in [0.25, 0.3) is 0 Å². The van der Waals surface area contributed by atoms with Gasteiger partial charge in [0.1, 0.15) is 0 Å². The number of hydrogen-bond acceptors (Lipinski definition) is 2. The molecule has 0 spiro atoms. The highest BCUT2D eigenvalue weighted by Crippen LogP contribution is 1.98. The average molecular weight is 144 g/mol. The van der Waals surface area contributed by atoms with Gasteiger partial charge in [-0.05, 0) is 13.3 Å². The SMILES string of the molecule is C=CCOC(CC)OCC. The highest BCUT2D eigenvalue weighted by Gasteiger charge is 2.02. The van der Waals surface area contributed by atoms with Crippen molar-refractivity contribution >= 4 is 0 Å². The Balaban J connectivity index is 3.29. The predicted molar refractivity (Wildman–Crippen MR) is 41.9 cm³/mol. The fraction of sp³-hybridized carbons (Fsp3) is 0.750. The molecule has 1 unspecified atom stereocenters. The average Bonchev–Trinajstić information content (AvgIpc) is 1.98. The van der Waals surface area contributed by atoms with E-state index in [1.165, 1.54) is 0 Å². The van der Waals surface area contributed by atoms with Crippen LogP contribution in [0.15, 0.2) is 12.7 Å². The van der Waals surface area contributed by atoms with Crippen molar-refractivity contribution in [2.24, 2.45) is 0 Å². The molecule has 2 nitrogen and oxygen atoms in total. The van der Waals surface area contributed by atoms with Crippen LogP contribution < -0.4 is 0 Å². The molecule has 0 aromatic heterocycles. The quantitative estimate of drug-likeness (QED) is 0.419. The third kappa shape index (κ3) is 4.53. The molecule has 0 radical (unpaired) electrons. The van der Waals surface area contributed by atoms with E-state index in [1.54, 1.807) is 6.08 Å². The summed E-state index contributed by atoms with van der Waals surface area (Å²) in [6.45, 7) is 8.81. The number of hydrogen-bond donors (Lipinski definition) is 0. The Morgan fingerprint density at radius 3 is 2.50 bits per heavy atom. The van der Waals surface area contributed by atoms with Crippen LogP contribution in [0, 0.1) is 0 Å². The van der Waals surface area contributed by atoms with E-state index in [9.17, 15) is 0 Å². The van der Waals surface area contributed by atoms with Crippen molar-refractivity contribution in [1.29, 1.82) is 0 Å². The molecule has 0 aliphatic heterocycles. The lowest BCUT2D eigenvalue weighted by molar-refractivity contribution is -0.132. The minimum Gasteiger partial charge on any atom is -0.353 e. The molecule has 0 aliphatic carbocycles. The van der Waals surface area contributed by atoms with Gasteiger partial charge in [0.25, 0.3) is 0 Å². The molecule has 0 aliphatic rings. The minimum absolute atomic E-state index is 0.0528. The third-order valence-electron chi connectivity index (χ3n) is 1.09. The zero-order valence-corrected chi connectivity index (χ0v) is 6.80. The van der Waals surface area contributed by atoms with Crippen molar-refractivity contribution in [3.8, 4) is 0 Å². The van der Waals surface area contributed by atoms with E-state index in [1.807, 2.05) is 13.8 Å². The maximum atomic E-state index is 5.24. The fourth-order valence-electron chi connectivity index (χ4n) is 0.645. The van der Waals surface area contributed by atoms with E-state index >= 15 is 0 Å². The molecule has 60 valence electrons. The zero-order valence-electron chi connectivity index (χ0n) is 6.80. The summed E-state index contributed by atoms with van der Waals surface area (Å²) in [7, 11) is 0. The highest BCUT2D eigenvalue weighted by molar-refractivity contribution is 4.64. The summed E-state index contributed by atoms with van der Waals surface area (Å²) in [4.78, 5) is 0. The molecule has 0 aromatic rings. The summed E-state index contributed by atoms with van der Waals surface area (Å²) in [5, 5.41) is 0. The predicted octanol–water partition coefficient (Wildman–Crippen LogP) is 1.96. The van der Waals surface area contributed by atoms with Crippen molar-refractivity contribution in [3.05, 3.63) is 12.7 Å².